The molecule has 0 aromatic heterocycles. The first-order valence-corrected chi connectivity index (χ1v) is 4.44. The lowest BCUT2D eigenvalue weighted by atomic mass is 10.0. The summed E-state index contributed by atoms with van der Waals surface area (Å²) in [5.41, 5.74) is 5.60. The molecule has 3 N–H and O–H groups in total. The molecule has 1 rings (SSSR count). The average Bonchev–Trinajstić information content (AvgIpc) is 2.20. The molecule has 1 aromatic rings. The second-order valence-corrected chi connectivity index (χ2v) is 3.31. The quantitative estimate of drug-likeness (QED) is 0.803. The number of ether oxygens (including phenoxy) is 1. The van der Waals surface area contributed by atoms with E-state index in [1.807, 2.05) is 0 Å². The standard InChI is InChI=1S/C10H13F2NO2/c1-5(13)10(14)6-3-7(11)8(12)4-9(6)15-2/h3-5,10,14H,13H2,1-2H3/t5-,10-/m0/s1. The van der Waals surface area contributed by atoms with Crippen molar-refractivity contribution in [2.24, 2.45) is 5.73 Å². The van der Waals surface area contributed by atoms with Crippen molar-refractivity contribution in [3.8, 4) is 5.75 Å². The summed E-state index contributed by atoms with van der Waals surface area (Å²) < 4.78 is 30.6. The number of halogens is 2. The van der Waals surface area contributed by atoms with Gasteiger partial charge in [-0.05, 0) is 13.0 Å². The monoisotopic (exact) mass is 217 g/mol. The summed E-state index contributed by atoms with van der Waals surface area (Å²) in [6, 6.07) is 1.18. The highest BCUT2D eigenvalue weighted by atomic mass is 19.2. The minimum absolute atomic E-state index is 0.0821. The predicted molar refractivity (Wildman–Crippen MR) is 51.5 cm³/mol. The van der Waals surface area contributed by atoms with Crippen LogP contribution in [0.25, 0.3) is 0 Å². The van der Waals surface area contributed by atoms with Crippen LogP contribution < -0.4 is 10.5 Å². The second kappa shape index (κ2) is 4.55. The molecule has 0 unspecified atom stereocenters. The van der Waals surface area contributed by atoms with Crippen molar-refractivity contribution >= 4 is 0 Å². The molecule has 0 spiro atoms. The Bertz CT molecular complexity index is 356. The van der Waals surface area contributed by atoms with Gasteiger partial charge in [0.25, 0.3) is 0 Å². The molecule has 0 heterocycles. The molecular weight excluding hydrogens is 204 g/mol. The lowest BCUT2D eigenvalue weighted by molar-refractivity contribution is 0.149. The summed E-state index contributed by atoms with van der Waals surface area (Å²) in [7, 11) is 1.31. The van der Waals surface area contributed by atoms with Crippen molar-refractivity contribution in [2.75, 3.05) is 7.11 Å². The molecule has 15 heavy (non-hydrogen) atoms. The van der Waals surface area contributed by atoms with Crippen LogP contribution in [0.4, 0.5) is 8.78 Å². The maximum Gasteiger partial charge on any atom is 0.162 e. The van der Waals surface area contributed by atoms with Gasteiger partial charge >= 0.3 is 0 Å². The van der Waals surface area contributed by atoms with Crippen molar-refractivity contribution in [2.45, 2.75) is 19.1 Å². The zero-order chi connectivity index (χ0) is 11.6. The third-order valence-corrected chi connectivity index (χ3v) is 2.09. The van der Waals surface area contributed by atoms with Crippen LogP contribution in [0.5, 0.6) is 5.75 Å². The summed E-state index contributed by atoms with van der Waals surface area (Å²) >= 11 is 0. The molecule has 0 aliphatic heterocycles. The van der Waals surface area contributed by atoms with Gasteiger partial charge in [0.05, 0.1) is 13.2 Å². The minimum Gasteiger partial charge on any atom is -0.496 e. The number of benzene rings is 1. The highest BCUT2D eigenvalue weighted by Gasteiger charge is 2.20. The Morgan fingerprint density at radius 2 is 1.87 bits per heavy atom. The Labute approximate surface area is 86.5 Å². The van der Waals surface area contributed by atoms with E-state index >= 15 is 0 Å². The number of methoxy groups -OCH3 is 1. The van der Waals surface area contributed by atoms with Crippen LogP contribution in [-0.4, -0.2) is 18.3 Å². The van der Waals surface area contributed by atoms with Crippen molar-refractivity contribution in [3.05, 3.63) is 29.3 Å². The zero-order valence-corrected chi connectivity index (χ0v) is 8.50. The van der Waals surface area contributed by atoms with E-state index in [0.29, 0.717) is 0 Å². The highest BCUT2D eigenvalue weighted by molar-refractivity contribution is 5.37. The third-order valence-electron chi connectivity index (χ3n) is 2.09. The number of hydrogen-bond acceptors (Lipinski definition) is 3. The molecule has 0 aliphatic carbocycles. The van der Waals surface area contributed by atoms with Crippen LogP contribution in [0, 0.1) is 11.6 Å². The maximum atomic E-state index is 12.9. The molecule has 0 aliphatic rings. The summed E-state index contributed by atoms with van der Waals surface area (Å²) in [4.78, 5) is 0. The molecule has 0 bridgehead atoms. The van der Waals surface area contributed by atoms with Gasteiger partial charge in [-0.15, -0.1) is 0 Å². The van der Waals surface area contributed by atoms with Gasteiger partial charge in [-0.2, -0.15) is 0 Å². The van der Waals surface area contributed by atoms with E-state index in [9.17, 15) is 13.9 Å². The van der Waals surface area contributed by atoms with E-state index in [-0.39, 0.29) is 11.3 Å². The van der Waals surface area contributed by atoms with Gasteiger partial charge in [-0.3, -0.25) is 0 Å². The minimum atomic E-state index is -1.09. The molecule has 0 radical (unpaired) electrons. The number of nitrogens with two attached hydrogens (primary N) is 1. The van der Waals surface area contributed by atoms with Crippen LogP contribution in [0.3, 0.4) is 0 Å². The largest absolute Gasteiger partial charge is 0.496 e. The van der Waals surface area contributed by atoms with Crippen molar-refractivity contribution in [3.63, 3.8) is 0 Å². The first-order chi connectivity index (χ1) is 6.97. The van der Waals surface area contributed by atoms with E-state index in [1.54, 1.807) is 6.92 Å². The molecule has 0 saturated heterocycles. The van der Waals surface area contributed by atoms with Gasteiger partial charge in [0, 0.05) is 17.7 Å². The first-order valence-electron chi connectivity index (χ1n) is 4.44. The Balaban J connectivity index is 3.21. The van der Waals surface area contributed by atoms with Crippen LogP contribution in [0.15, 0.2) is 12.1 Å². The predicted octanol–water partition coefficient (Wildman–Crippen LogP) is 1.35. The number of hydrogen-bond donors (Lipinski definition) is 2. The van der Waals surface area contributed by atoms with E-state index in [2.05, 4.69) is 0 Å². The van der Waals surface area contributed by atoms with E-state index in [4.69, 9.17) is 10.5 Å². The van der Waals surface area contributed by atoms with Crippen molar-refractivity contribution < 1.29 is 18.6 Å². The fraction of sp³-hybridized carbons (Fsp3) is 0.400. The average molecular weight is 217 g/mol. The van der Waals surface area contributed by atoms with Crippen LogP contribution >= 0.6 is 0 Å². The summed E-state index contributed by atoms with van der Waals surface area (Å²) in [6.45, 7) is 1.56. The van der Waals surface area contributed by atoms with Crippen LogP contribution in [0.2, 0.25) is 0 Å². The smallest absolute Gasteiger partial charge is 0.162 e. The Morgan fingerprint density at radius 1 is 1.33 bits per heavy atom. The van der Waals surface area contributed by atoms with E-state index in [0.717, 1.165) is 12.1 Å². The molecule has 84 valence electrons. The number of aliphatic hydroxyl groups is 1. The lowest BCUT2D eigenvalue weighted by Gasteiger charge is -2.18. The molecule has 2 atom stereocenters. The van der Waals surface area contributed by atoms with Gasteiger partial charge in [0.15, 0.2) is 11.6 Å². The molecule has 3 nitrogen and oxygen atoms in total. The van der Waals surface area contributed by atoms with Gasteiger partial charge in [0.2, 0.25) is 0 Å². The Kier molecular flexibility index (Phi) is 3.60. The molecule has 0 saturated carbocycles. The molecule has 0 amide bonds. The van der Waals surface area contributed by atoms with Crippen LogP contribution in [-0.2, 0) is 0 Å². The third kappa shape index (κ3) is 2.43. The highest BCUT2D eigenvalue weighted by Crippen LogP contribution is 2.28. The van der Waals surface area contributed by atoms with Crippen LogP contribution in [0.1, 0.15) is 18.6 Å². The van der Waals surface area contributed by atoms with E-state index < -0.39 is 23.8 Å². The Morgan fingerprint density at radius 3 is 2.33 bits per heavy atom. The van der Waals surface area contributed by atoms with Crippen molar-refractivity contribution in [1.82, 2.24) is 0 Å². The zero-order valence-electron chi connectivity index (χ0n) is 8.50. The first kappa shape index (κ1) is 11.9. The maximum absolute atomic E-state index is 12.9. The molecule has 5 heteroatoms. The SMILES string of the molecule is COc1cc(F)c(F)cc1[C@@H](O)[C@H](C)N. The molecular formula is C10H13F2NO2. The number of rotatable bonds is 3. The van der Waals surface area contributed by atoms with Crippen molar-refractivity contribution in [1.29, 1.82) is 0 Å². The summed E-state index contributed by atoms with van der Waals surface area (Å²) in [6.07, 6.45) is -1.09. The molecule has 0 fully saturated rings. The van der Waals surface area contributed by atoms with Gasteiger partial charge in [-0.25, -0.2) is 8.78 Å². The lowest BCUT2D eigenvalue weighted by Crippen LogP contribution is -2.25. The summed E-state index contributed by atoms with van der Waals surface area (Å²) in [5.74, 6) is -1.98. The van der Waals surface area contributed by atoms with Gasteiger partial charge in [0.1, 0.15) is 5.75 Å². The van der Waals surface area contributed by atoms with Gasteiger partial charge < -0.3 is 15.6 Å². The fourth-order valence-electron chi connectivity index (χ4n) is 1.24. The molecule has 1 aromatic carbocycles. The summed E-state index contributed by atoms with van der Waals surface area (Å²) in [5, 5.41) is 9.63. The Hall–Kier alpha value is -1.20. The fourth-order valence-corrected chi connectivity index (χ4v) is 1.24. The topological polar surface area (TPSA) is 55.5 Å². The number of aliphatic hydroxyl groups excluding tert-OH is 1. The second-order valence-electron chi connectivity index (χ2n) is 3.31. The normalized spacial score (nSPS) is 14.8. The van der Waals surface area contributed by atoms with Gasteiger partial charge in [-0.1, -0.05) is 0 Å². The van der Waals surface area contributed by atoms with E-state index in [1.165, 1.54) is 7.11 Å².